The van der Waals surface area contributed by atoms with Gasteiger partial charge in [0.05, 0.1) is 12.0 Å². The molecule has 22 heavy (non-hydrogen) atoms. The Morgan fingerprint density at radius 1 is 1.32 bits per heavy atom. The van der Waals surface area contributed by atoms with Gasteiger partial charge < -0.3 is 10.1 Å². The number of hydrogen-bond acceptors (Lipinski definition) is 4. The standard InChI is InChI=1S/C17H17N3OS/c1-11-9-15(22-10-11)16-12-7-8-18-17(12)20(19-16)13-5-3-4-6-14(13)21-2/h3-6,9-10,18H,7-8H2,1-2H3. The fraction of sp³-hybridized carbons (Fsp3) is 0.235. The summed E-state index contributed by atoms with van der Waals surface area (Å²) >= 11 is 1.75. The highest BCUT2D eigenvalue weighted by molar-refractivity contribution is 7.13. The van der Waals surface area contributed by atoms with Gasteiger partial charge in [-0.25, -0.2) is 4.68 Å². The van der Waals surface area contributed by atoms with Crippen LogP contribution in [0, 0.1) is 6.92 Å². The molecule has 3 heterocycles. The van der Waals surface area contributed by atoms with E-state index in [1.807, 2.05) is 28.9 Å². The number of hydrogen-bond donors (Lipinski definition) is 1. The van der Waals surface area contributed by atoms with Gasteiger partial charge in [-0.05, 0) is 42.5 Å². The summed E-state index contributed by atoms with van der Waals surface area (Å²) in [5.74, 6) is 1.92. The molecule has 1 aliphatic rings. The highest BCUT2D eigenvalue weighted by atomic mass is 32.1. The molecule has 4 rings (SSSR count). The van der Waals surface area contributed by atoms with Gasteiger partial charge in [0.25, 0.3) is 0 Å². The molecule has 4 nitrogen and oxygen atoms in total. The molecule has 2 aromatic heterocycles. The van der Waals surface area contributed by atoms with Gasteiger partial charge in [0, 0.05) is 12.1 Å². The number of benzene rings is 1. The van der Waals surface area contributed by atoms with Gasteiger partial charge in [0.15, 0.2) is 0 Å². The van der Waals surface area contributed by atoms with Crippen molar-refractivity contribution in [3.05, 3.63) is 46.8 Å². The molecule has 0 fully saturated rings. The summed E-state index contributed by atoms with van der Waals surface area (Å²) in [5.41, 5.74) is 4.64. The Morgan fingerprint density at radius 3 is 2.95 bits per heavy atom. The van der Waals surface area contributed by atoms with Crippen LogP contribution in [0.25, 0.3) is 16.3 Å². The molecular formula is C17H17N3OS. The Balaban J connectivity index is 1.91. The predicted octanol–water partition coefficient (Wildman–Crippen LogP) is 3.89. The second kappa shape index (κ2) is 5.18. The lowest BCUT2D eigenvalue weighted by Gasteiger charge is -2.10. The maximum atomic E-state index is 5.49. The van der Waals surface area contributed by atoms with Crippen LogP contribution in [0.4, 0.5) is 5.82 Å². The number of ether oxygens (including phenoxy) is 1. The number of anilines is 1. The molecule has 0 aliphatic carbocycles. The number of para-hydroxylation sites is 2. The van der Waals surface area contributed by atoms with E-state index in [0.717, 1.165) is 35.9 Å². The van der Waals surface area contributed by atoms with E-state index in [1.165, 1.54) is 16.0 Å². The first-order chi connectivity index (χ1) is 10.8. The summed E-state index contributed by atoms with van der Waals surface area (Å²) in [6.07, 6.45) is 1.01. The average Bonchev–Trinajstić information content (AvgIpc) is 3.23. The zero-order chi connectivity index (χ0) is 15.1. The summed E-state index contributed by atoms with van der Waals surface area (Å²) in [6, 6.07) is 10.2. The molecule has 0 spiro atoms. The lowest BCUT2D eigenvalue weighted by Crippen LogP contribution is -2.05. The minimum Gasteiger partial charge on any atom is -0.494 e. The van der Waals surface area contributed by atoms with E-state index in [2.05, 4.69) is 23.7 Å². The van der Waals surface area contributed by atoms with Gasteiger partial charge in [0.2, 0.25) is 0 Å². The van der Waals surface area contributed by atoms with E-state index in [4.69, 9.17) is 9.84 Å². The molecule has 0 radical (unpaired) electrons. The van der Waals surface area contributed by atoms with Crippen molar-refractivity contribution in [1.29, 1.82) is 0 Å². The van der Waals surface area contributed by atoms with Crippen LogP contribution in [0.2, 0.25) is 0 Å². The third kappa shape index (κ3) is 2.01. The molecule has 112 valence electrons. The van der Waals surface area contributed by atoms with E-state index in [9.17, 15) is 0 Å². The van der Waals surface area contributed by atoms with Crippen molar-refractivity contribution >= 4 is 17.2 Å². The highest BCUT2D eigenvalue weighted by Crippen LogP contribution is 2.38. The van der Waals surface area contributed by atoms with Crippen molar-refractivity contribution in [1.82, 2.24) is 9.78 Å². The van der Waals surface area contributed by atoms with E-state index in [0.29, 0.717) is 0 Å². The third-order valence-electron chi connectivity index (χ3n) is 3.93. The lowest BCUT2D eigenvalue weighted by atomic mass is 10.1. The van der Waals surface area contributed by atoms with Crippen LogP contribution in [0.5, 0.6) is 5.75 Å². The summed E-state index contributed by atoms with van der Waals surface area (Å²) in [5, 5.41) is 10.5. The molecule has 0 saturated carbocycles. The van der Waals surface area contributed by atoms with Crippen LogP contribution in [0.1, 0.15) is 11.1 Å². The quantitative estimate of drug-likeness (QED) is 0.797. The molecule has 0 bridgehead atoms. The Kier molecular flexibility index (Phi) is 3.15. The normalized spacial score (nSPS) is 13.0. The molecule has 5 heteroatoms. The van der Waals surface area contributed by atoms with Crippen LogP contribution in [-0.4, -0.2) is 23.4 Å². The maximum Gasteiger partial charge on any atom is 0.144 e. The van der Waals surface area contributed by atoms with Gasteiger partial charge in [-0.15, -0.1) is 11.3 Å². The van der Waals surface area contributed by atoms with Crippen LogP contribution < -0.4 is 10.1 Å². The second-order valence-corrected chi connectivity index (χ2v) is 6.34. The minimum absolute atomic E-state index is 0.829. The van der Waals surface area contributed by atoms with Gasteiger partial charge >= 0.3 is 0 Å². The largest absolute Gasteiger partial charge is 0.494 e. The summed E-state index contributed by atoms with van der Waals surface area (Å²) in [4.78, 5) is 1.23. The van der Waals surface area contributed by atoms with Crippen LogP contribution in [0.3, 0.4) is 0 Å². The number of thiophene rings is 1. The monoisotopic (exact) mass is 311 g/mol. The van der Waals surface area contributed by atoms with Gasteiger partial charge in [-0.3, -0.25) is 0 Å². The molecule has 0 saturated heterocycles. The first kappa shape index (κ1) is 13.4. The number of aromatic nitrogens is 2. The number of nitrogens with zero attached hydrogens (tertiary/aromatic N) is 2. The number of aryl methyl sites for hydroxylation is 1. The minimum atomic E-state index is 0.829. The van der Waals surface area contributed by atoms with Crippen LogP contribution in [-0.2, 0) is 6.42 Å². The predicted molar refractivity (Wildman–Crippen MR) is 90.4 cm³/mol. The van der Waals surface area contributed by atoms with E-state index >= 15 is 0 Å². The molecule has 1 aromatic carbocycles. The van der Waals surface area contributed by atoms with E-state index in [1.54, 1.807) is 18.4 Å². The average molecular weight is 311 g/mol. The molecule has 3 aromatic rings. The molecule has 1 aliphatic heterocycles. The topological polar surface area (TPSA) is 39.1 Å². The van der Waals surface area contributed by atoms with Crippen molar-refractivity contribution in [3.63, 3.8) is 0 Å². The number of nitrogens with one attached hydrogen (secondary N) is 1. The lowest BCUT2D eigenvalue weighted by molar-refractivity contribution is 0.412. The highest BCUT2D eigenvalue weighted by Gasteiger charge is 2.25. The number of methoxy groups -OCH3 is 1. The first-order valence-corrected chi connectivity index (χ1v) is 8.20. The summed E-state index contributed by atoms with van der Waals surface area (Å²) < 4.78 is 7.47. The Bertz CT molecular complexity index is 834. The molecular weight excluding hydrogens is 294 g/mol. The second-order valence-electron chi connectivity index (χ2n) is 5.42. The smallest absolute Gasteiger partial charge is 0.144 e. The van der Waals surface area contributed by atoms with Crippen LogP contribution >= 0.6 is 11.3 Å². The Morgan fingerprint density at radius 2 is 2.18 bits per heavy atom. The van der Waals surface area contributed by atoms with E-state index in [-0.39, 0.29) is 0 Å². The summed E-state index contributed by atoms with van der Waals surface area (Å²) in [6.45, 7) is 3.08. The SMILES string of the molecule is COc1ccccc1-n1nc(-c2cc(C)cs2)c2c1NCC2. The van der Waals surface area contributed by atoms with Gasteiger partial charge in [-0.2, -0.15) is 5.10 Å². The Hall–Kier alpha value is -2.27. The molecule has 1 N–H and O–H groups in total. The molecule has 0 unspecified atom stereocenters. The van der Waals surface area contributed by atoms with E-state index < -0.39 is 0 Å². The third-order valence-corrected chi connectivity index (χ3v) is 4.98. The fourth-order valence-corrected chi connectivity index (χ4v) is 3.82. The number of fused-ring (bicyclic) bond motifs is 1. The van der Waals surface area contributed by atoms with Crippen molar-refractivity contribution in [2.75, 3.05) is 19.0 Å². The maximum absolute atomic E-state index is 5.49. The molecule has 0 atom stereocenters. The fourth-order valence-electron chi connectivity index (χ4n) is 2.91. The first-order valence-electron chi connectivity index (χ1n) is 7.32. The zero-order valence-corrected chi connectivity index (χ0v) is 13.4. The Labute approximate surface area is 133 Å². The summed E-state index contributed by atoms with van der Waals surface area (Å²) in [7, 11) is 1.69. The van der Waals surface area contributed by atoms with Crippen LogP contribution in [0.15, 0.2) is 35.7 Å². The van der Waals surface area contributed by atoms with Gasteiger partial charge in [0.1, 0.15) is 22.9 Å². The van der Waals surface area contributed by atoms with Crippen molar-refractivity contribution in [2.24, 2.45) is 0 Å². The molecule has 0 amide bonds. The van der Waals surface area contributed by atoms with Crippen molar-refractivity contribution < 1.29 is 4.74 Å². The van der Waals surface area contributed by atoms with Crippen molar-refractivity contribution in [3.8, 4) is 22.0 Å². The zero-order valence-electron chi connectivity index (χ0n) is 12.6. The van der Waals surface area contributed by atoms with Gasteiger partial charge in [-0.1, -0.05) is 12.1 Å². The number of rotatable bonds is 3. The van der Waals surface area contributed by atoms with Crippen molar-refractivity contribution in [2.45, 2.75) is 13.3 Å².